The number of H-pyrrole nitrogens is 1. The first-order valence-electron chi connectivity index (χ1n) is 12.4. The summed E-state index contributed by atoms with van der Waals surface area (Å²) in [6.07, 6.45) is 0. The van der Waals surface area contributed by atoms with Crippen molar-refractivity contribution in [3.8, 4) is 17.0 Å². The van der Waals surface area contributed by atoms with Crippen molar-refractivity contribution >= 4 is 46.1 Å². The fourth-order valence-corrected chi connectivity index (χ4v) is 5.34. The van der Waals surface area contributed by atoms with Crippen molar-refractivity contribution in [2.45, 2.75) is 24.9 Å². The van der Waals surface area contributed by atoms with Gasteiger partial charge in [0, 0.05) is 15.1 Å². The van der Waals surface area contributed by atoms with Crippen molar-refractivity contribution in [2.24, 2.45) is 0 Å². The second kappa shape index (κ2) is 11.8. The zero-order valence-corrected chi connectivity index (χ0v) is 23.9. The number of carbonyl (C=O) groups is 2. The maximum Gasteiger partial charge on any atom is 0.325 e. The van der Waals surface area contributed by atoms with Crippen molar-refractivity contribution in [3.05, 3.63) is 105 Å². The van der Waals surface area contributed by atoms with Crippen LogP contribution >= 0.6 is 34.2 Å². The number of amides is 3. The average molecular weight is 657 g/mol. The number of carbonyl (C=O) groups excluding carboxylic acids is 2. The summed E-state index contributed by atoms with van der Waals surface area (Å²) >= 11 is 8.85. The molecule has 39 heavy (non-hydrogen) atoms. The Morgan fingerprint density at radius 1 is 1.05 bits per heavy atom. The van der Waals surface area contributed by atoms with Gasteiger partial charge >= 0.3 is 6.03 Å². The Kier molecular flexibility index (Phi) is 8.20. The molecule has 3 aromatic carbocycles. The molecule has 0 bridgehead atoms. The number of imide groups is 1. The van der Waals surface area contributed by atoms with E-state index in [1.54, 1.807) is 24.3 Å². The lowest BCUT2D eigenvalue weighted by molar-refractivity contribution is -0.129. The highest BCUT2D eigenvalue weighted by Crippen LogP contribution is 2.40. The molecule has 1 aliphatic rings. The van der Waals surface area contributed by atoms with Crippen LogP contribution in [0, 0.1) is 3.57 Å². The Labute approximate surface area is 244 Å². The first kappa shape index (κ1) is 27.2. The number of imidazole rings is 1. The third kappa shape index (κ3) is 5.66. The minimum Gasteiger partial charge on any atom is -0.491 e. The van der Waals surface area contributed by atoms with Gasteiger partial charge in [0.05, 0.1) is 6.61 Å². The van der Waals surface area contributed by atoms with Crippen LogP contribution in [0.2, 0.25) is 5.15 Å². The third-order valence-corrected chi connectivity index (χ3v) is 7.69. The summed E-state index contributed by atoms with van der Waals surface area (Å²) in [5, 5.41) is 12.1. The zero-order chi connectivity index (χ0) is 27.5. The first-order chi connectivity index (χ1) is 18.9. The third-order valence-electron chi connectivity index (χ3n) is 6.70. The molecule has 0 unspecified atom stereocenters. The minimum absolute atomic E-state index is 0.100. The number of nitrogens with one attached hydrogen (secondary N) is 2. The summed E-state index contributed by atoms with van der Waals surface area (Å²) in [5.41, 5.74) is 2.94. The molecule has 1 fully saturated rings. The Hall–Kier alpha value is -3.41. The Morgan fingerprint density at radius 2 is 1.74 bits per heavy atom. The molecular weight excluding hydrogens is 631 g/mol. The number of hydrogen-bond donors (Lipinski definition) is 3. The Balaban J connectivity index is 1.51. The second-order valence-corrected chi connectivity index (χ2v) is 10.8. The Morgan fingerprint density at radius 3 is 2.41 bits per heavy atom. The van der Waals surface area contributed by atoms with Gasteiger partial charge in [-0.2, -0.15) is 0 Å². The van der Waals surface area contributed by atoms with Crippen LogP contribution in [0.15, 0.2) is 78.9 Å². The number of nitrogens with zero attached hydrogens (tertiary/aromatic N) is 2. The van der Waals surface area contributed by atoms with Crippen molar-refractivity contribution in [2.75, 3.05) is 13.2 Å². The number of aliphatic hydroxyl groups is 1. The van der Waals surface area contributed by atoms with E-state index in [2.05, 4.69) is 32.9 Å². The quantitative estimate of drug-likeness (QED) is 0.155. The van der Waals surface area contributed by atoms with E-state index in [4.69, 9.17) is 26.4 Å². The highest BCUT2D eigenvalue weighted by molar-refractivity contribution is 14.1. The number of aromatic amines is 1. The van der Waals surface area contributed by atoms with Crippen LogP contribution in [0.3, 0.4) is 0 Å². The molecule has 8 nitrogen and oxygen atoms in total. The van der Waals surface area contributed by atoms with E-state index in [0.717, 1.165) is 14.7 Å². The highest BCUT2D eigenvalue weighted by Gasteiger charge is 2.46. The number of benzene rings is 3. The zero-order valence-electron chi connectivity index (χ0n) is 21.0. The van der Waals surface area contributed by atoms with Gasteiger partial charge in [-0.1, -0.05) is 73.1 Å². The molecule has 1 aliphatic heterocycles. The van der Waals surface area contributed by atoms with Gasteiger partial charge in [0.15, 0.2) is 0 Å². The van der Waals surface area contributed by atoms with Gasteiger partial charge < -0.3 is 20.1 Å². The predicted octanol–water partition coefficient (Wildman–Crippen LogP) is 5.84. The van der Waals surface area contributed by atoms with E-state index in [9.17, 15) is 9.59 Å². The van der Waals surface area contributed by atoms with Crippen LogP contribution in [0.1, 0.15) is 41.9 Å². The average Bonchev–Trinajstić information content (AvgIpc) is 3.48. The van der Waals surface area contributed by atoms with Crippen LogP contribution < -0.4 is 10.1 Å². The number of rotatable bonds is 9. The second-order valence-electron chi connectivity index (χ2n) is 9.17. The number of halogens is 2. The smallest absolute Gasteiger partial charge is 0.325 e. The highest BCUT2D eigenvalue weighted by atomic mass is 127. The van der Waals surface area contributed by atoms with Gasteiger partial charge in [-0.15, -0.1) is 0 Å². The van der Waals surface area contributed by atoms with Crippen LogP contribution in [0.25, 0.3) is 11.3 Å². The van der Waals surface area contributed by atoms with Gasteiger partial charge in [-0.05, 0) is 58.0 Å². The first-order valence-corrected chi connectivity index (χ1v) is 13.9. The topological polar surface area (TPSA) is 108 Å². The number of urea groups is 1. The van der Waals surface area contributed by atoms with Gasteiger partial charge in [0.2, 0.25) is 0 Å². The molecule has 10 heteroatoms. The number of ether oxygens (including phenoxy) is 1. The van der Waals surface area contributed by atoms with Gasteiger partial charge in [0.25, 0.3) is 5.91 Å². The lowest BCUT2D eigenvalue weighted by Gasteiger charge is -2.29. The molecular formula is C29H26ClIN4O4. The molecule has 5 rings (SSSR count). The van der Waals surface area contributed by atoms with E-state index in [1.165, 1.54) is 4.90 Å². The summed E-state index contributed by atoms with van der Waals surface area (Å²) < 4.78 is 6.50. The van der Waals surface area contributed by atoms with Crippen LogP contribution in [0.5, 0.6) is 5.75 Å². The molecule has 0 spiro atoms. The van der Waals surface area contributed by atoms with E-state index < -0.39 is 18.1 Å². The van der Waals surface area contributed by atoms with Crippen molar-refractivity contribution in [3.63, 3.8) is 0 Å². The van der Waals surface area contributed by atoms with Crippen LogP contribution in [0.4, 0.5) is 4.79 Å². The fourth-order valence-electron chi connectivity index (χ4n) is 4.73. The fraction of sp³-hybridized carbons (Fsp3) is 0.207. The largest absolute Gasteiger partial charge is 0.491 e. The number of aromatic nitrogens is 2. The molecule has 0 saturated carbocycles. The maximum absolute atomic E-state index is 13.8. The van der Waals surface area contributed by atoms with Gasteiger partial charge in [-0.25, -0.2) is 9.78 Å². The maximum atomic E-state index is 13.8. The van der Waals surface area contributed by atoms with Crippen molar-refractivity contribution in [1.82, 2.24) is 20.2 Å². The van der Waals surface area contributed by atoms with E-state index in [1.807, 2.05) is 61.5 Å². The Bertz CT molecular complexity index is 1460. The van der Waals surface area contributed by atoms with E-state index in [0.29, 0.717) is 28.0 Å². The minimum atomic E-state index is -0.865. The molecule has 2 heterocycles. The van der Waals surface area contributed by atoms with Crippen LogP contribution in [-0.4, -0.2) is 45.1 Å². The molecule has 0 aliphatic carbocycles. The molecule has 1 saturated heterocycles. The molecule has 0 radical (unpaired) electrons. The van der Waals surface area contributed by atoms with E-state index >= 15 is 0 Å². The van der Waals surface area contributed by atoms with Crippen LogP contribution in [-0.2, 0) is 4.79 Å². The molecule has 1 aromatic heterocycles. The summed E-state index contributed by atoms with van der Waals surface area (Å²) in [6, 6.07) is 22.2. The van der Waals surface area contributed by atoms with Crippen molar-refractivity contribution < 1.29 is 19.4 Å². The lowest BCUT2D eigenvalue weighted by Crippen LogP contribution is -2.38. The standard InChI is InChI=1S/C29H26ClIN4O4/c1-17(18-5-3-2-4-6-18)25(27-32-23(26(30)34-27)19-7-11-21(31)12-8-19)35-28(37)24(33-29(35)38)20-9-13-22(14-10-20)39-16-15-36/h2-14,17,24-25,36H,15-16H2,1H3,(H,32,34)(H,33,38)/t17-,24-,25+/m1/s1. The molecule has 3 atom stereocenters. The SMILES string of the molecule is C[C@H](c1ccccc1)[C@@H](c1nc(-c2ccc(I)cc2)c(Cl)[nH]1)N1C(=O)N[C@H](c2ccc(OCCO)cc2)C1=O. The summed E-state index contributed by atoms with van der Waals surface area (Å²) in [7, 11) is 0. The monoisotopic (exact) mass is 656 g/mol. The normalized spacial score (nSPS) is 16.7. The molecule has 200 valence electrons. The predicted molar refractivity (Wildman–Crippen MR) is 156 cm³/mol. The number of aliphatic hydroxyl groups excluding tert-OH is 1. The summed E-state index contributed by atoms with van der Waals surface area (Å²) in [6.45, 7) is 2.03. The van der Waals surface area contributed by atoms with E-state index in [-0.39, 0.29) is 25.0 Å². The van der Waals surface area contributed by atoms with Crippen molar-refractivity contribution in [1.29, 1.82) is 0 Å². The molecule has 3 N–H and O–H groups in total. The summed E-state index contributed by atoms with van der Waals surface area (Å²) in [5.74, 6) is 0.299. The lowest BCUT2D eigenvalue weighted by atomic mass is 9.91. The van der Waals surface area contributed by atoms with Gasteiger partial charge in [0.1, 0.15) is 41.1 Å². The molecule has 3 amide bonds. The molecule has 4 aromatic rings. The number of hydrogen-bond acceptors (Lipinski definition) is 5. The summed E-state index contributed by atoms with van der Waals surface area (Å²) in [4.78, 5) is 36.4. The van der Waals surface area contributed by atoms with Gasteiger partial charge in [-0.3, -0.25) is 9.69 Å².